The fourth-order valence-corrected chi connectivity index (χ4v) is 3.07. The molecule has 1 heterocycles. The van der Waals surface area contributed by atoms with Crippen LogP contribution in [0, 0.1) is 5.92 Å². The molecule has 0 radical (unpaired) electrons. The summed E-state index contributed by atoms with van der Waals surface area (Å²) in [5.74, 6) is 0.780. The van der Waals surface area contributed by atoms with E-state index in [0.717, 1.165) is 32.5 Å². The zero-order chi connectivity index (χ0) is 13.7. The van der Waals surface area contributed by atoms with Gasteiger partial charge in [-0.25, -0.2) is 0 Å². The summed E-state index contributed by atoms with van der Waals surface area (Å²) in [6.45, 7) is 11.9. The maximum Gasteiger partial charge on any atom is 0.240 e. The lowest BCUT2D eigenvalue weighted by molar-refractivity contribution is -0.137. The van der Waals surface area contributed by atoms with Gasteiger partial charge in [-0.3, -0.25) is 9.69 Å². The van der Waals surface area contributed by atoms with Gasteiger partial charge in [-0.2, -0.15) is 0 Å². The van der Waals surface area contributed by atoms with E-state index in [1.54, 1.807) is 0 Å². The highest BCUT2D eigenvalue weighted by Gasteiger charge is 2.35. The Balaban J connectivity index is 2.72. The quantitative estimate of drug-likeness (QED) is 0.778. The molecule has 0 aromatic rings. The van der Waals surface area contributed by atoms with Crippen molar-refractivity contribution >= 4 is 5.91 Å². The number of amides is 1. The highest BCUT2D eigenvalue weighted by atomic mass is 16.2. The first-order valence-corrected chi connectivity index (χ1v) is 7.33. The fourth-order valence-electron chi connectivity index (χ4n) is 3.07. The molecule has 1 aliphatic heterocycles. The standard InChI is InChI=1S/C14H29N3O/c1-5-13(16(6-2)7-3)14(18)17-10-12(9-15)8-11(17)4/h11-13H,5-10,15H2,1-4H3. The van der Waals surface area contributed by atoms with Gasteiger partial charge >= 0.3 is 0 Å². The molecule has 0 aromatic carbocycles. The summed E-state index contributed by atoms with van der Waals surface area (Å²) in [7, 11) is 0. The summed E-state index contributed by atoms with van der Waals surface area (Å²) >= 11 is 0. The van der Waals surface area contributed by atoms with Crippen LogP contribution < -0.4 is 5.73 Å². The van der Waals surface area contributed by atoms with Crippen LogP contribution in [-0.4, -0.2) is 54.0 Å². The SMILES string of the molecule is CCC(C(=O)N1CC(CN)CC1C)N(CC)CC. The smallest absolute Gasteiger partial charge is 0.240 e. The van der Waals surface area contributed by atoms with Crippen LogP contribution in [0.4, 0.5) is 0 Å². The molecule has 4 heteroatoms. The molecule has 2 N–H and O–H groups in total. The number of likely N-dealkylation sites (tertiary alicyclic amines) is 1. The first-order chi connectivity index (χ1) is 8.58. The first kappa shape index (κ1) is 15.4. The van der Waals surface area contributed by atoms with Crippen LogP contribution in [0.15, 0.2) is 0 Å². The van der Waals surface area contributed by atoms with Crippen LogP contribution in [0.5, 0.6) is 0 Å². The van der Waals surface area contributed by atoms with E-state index in [-0.39, 0.29) is 6.04 Å². The summed E-state index contributed by atoms with van der Waals surface area (Å²) in [4.78, 5) is 17.0. The van der Waals surface area contributed by atoms with E-state index in [0.29, 0.717) is 24.4 Å². The molecule has 106 valence electrons. The average Bonchev–Trinajstić information content (AvgIpc) is 2.76. The van der Waals surface area contributed by atoms with E-state index in [1.807, 2.05) is 4.90 Å². The van der Waals surface area contributed by atoms with Crippen LogP contribution in [0.1, 0.15) is 40.5 Å². The summed E-state index contributed by atoms with van der Waals surface area (Å²) in [5, 5.41) is 0. The molecule has 1 fully saturated rings. The van der Waals surface area contributed by atoms with E-state index in [4.69, 9.17) is 5.73 Å². The Morgan fingerprint density at radius 2 is 2.00 bits per heavy atom. The maximum absolute atomic E-state index is 12.7. The van der Waals surface area contributed by atoms with Crippen molar-refractivity contribution in [3.05, 3.63) is 0 Å². The van der Waals surface area contributed by atoms with Crippen molar-refractivity contribution in [2.24, 2.45) is 11.7 Å². The molecule has 1 amide bonds. The Morgan fingerprint density at radius 1 is 1.39 bits per heavy atom. The molecule has 1 rings (SSSR count). The third kappa shape index (κ3) is 3.23. The minimum Gasteiger partial charge on any atom is -0.338 e. The summed E-state index contributed by atoms with van der Waals surface area (Å²) in [6, 6.07) is 0.384. The van der Waals surface area contributed by atoms with Gasteiger partial charge in [0, 0.05) is 12.6 Å². The molecule has 3 unspecified atom stereocenters. The predicted octanol–water partition coefficient (Wildman–Crippen LogP) is 1.30. The predicted molar refractivity (Wildman–Crippen MR) is 75.3 cm³/mol. The van der Waals surface area contributed by atoms with Crippen molar-refractivity contribution in [3.63, 3.8) is 0 Å². The Bertz CT molecular complexity index is 266. The lowest BCUT2D eigenvalue weighted by Gasteiger charge is -2.33. The van der Waals surface area contributed by atoms with Gasteiger partial charge in [-0.05, 0) is 45.3 Å². The zero-order valence-electron chi connectivity index (χ0n) is 12.4. The molecule has 1 saturated heterocycles. The first-order valence-electron chi connectivity index (χ1n) is 7.33. The maximum atomic E-state index is 12.7. The number of hydrogen-bond acceptors (Lipinski definition) is 3. The molecule has 0 saturated carbocycles. The third-order valence-corrected chi connectivity index (χ3v) is 4.20. The molecule has 0 spiro atoms. The van der Waals surface area contributed by atoms with Crippen LogP contribution in [0.2, 0.25) is 0 Å². The van der Waals surface area contributed by atoms with Crippen molar-refractivity contribution in [2.75, 3.05) is 26.2 Å². The molecular weight excluding hydrogens is 226 g/mol. The normalized spacial score (nSPS) is 25.8. The van der Waals surface area contributed by atoms with Gasteiger partial charge in [0.1, 0.15) is 0 Å². The number of carbonyl (C=O) groups is 1. The Morgan fingerprint density at radius 3 is 2.39 bits per heavy atom. The van der Waals surface area contributed by atoms with Crippen LogP contribution in [0.3, 0.4) is 0 Å². The second-order valence-corrected chi connectivity index (χ2v) is 5.32. The number of rotatable bonds is 6. The van der Waals surface area contributed by atoms with Crippen molar-refractivity contribution in [1.29, 1.82) is 0 Å². The number of likely N-dealkylation sites (N-methyl/N-ethyl adjacent to an activating group) is 1. The van der Waals surface area contributed by atoms with Gasteiger partial charge < -0.3 is 10.6 Å². The second kappa shape index (κ2) is 7.10. The number of carbonyl (C=O) groups excluding carboxylic acids is 1. The van der Waals surface area contributed by atoms with E-state index >= 15 is 0 Å². The molecule has 1 aliphatic rings. The molecule has 0 bridgehead atoms. The summed E-state index contributed by atoms with van der Waals surface area (Å²) < 4.78 is 0. The number of hydrogen-bond donors (Lipinski definition) is 1. The van der Waals surface area contributed by atoms with Crippen molar-refractivity contribution in [3.8, 4) is 0 Å². The van der Waals surface area contributed by atoms with Gasteiger partial charge in [-0.15, -0.1) is 0 Å². The number of nitrogens with zero attached hydrogens (tertiary/aromatic N) is 2. The lowest BCUT2D eigenvalue weighted by Crippen LogP contribution is -2.49. The van der Waals surface area contributed by atoms with E-state index < -0.39 is 0 Å². The largest absolute Gasteiger partial charge is 0.338 e. The van der Waals surface area contributed by atoms with Gasteiger partial charge in [-0.1, -0.05) is 20.8 Å². The molecule has 4 nitrogen and oxygen atoms in total. The zero-order valence-corrected chi connectivity index (χ0v) is 12.4. The van der Waals surface area contributed by atoms with Gasteiger partial charge in [0.2, 0.25) is 5.91 Å². The summed E-state index contributed by atoms with van der Waals surface area (Å²) in [5.41, 5.74) is 5.73. The monoisotopic (exact) mass is 255 g/mol. The number of nitrogens with two attached hydrogens (primary N) is 1. The Hall–Kier alpha value is -0.610. The van der Waals surface area contributed by atoms with Crippen molar-refractivity contribution in [1.82, 2.24) is 9.80 Å². The fraction of sp³-hybridized carbons (Fsp3) is 0.929. The molecule has 0 aromatic heterocycles. The lowest BCUT2D eigenvalue weighted by atomic mass is 10.1. The van der Waals surface area contributed by atoms with Crippen LogP contribution in [-0.2, 0) is 4.79 Å². The van der Waals surface area contributed by atoms with Crippen LogP contribution >= 0.6 is 0 Å². The molecule has 0 aliphatic carbocycles. The minimum atomic E-state index is 0.0407. The van der Waals surface area contributed by atoms with Gasteiger partial charge in [0.25, 0.3) is 0 Å². The second-order valence-electron chi connectivity index (χ2n) is 5.32. The highest BCUT2D eigenvalue weighted by Crippen LogP contribution is 2.24. The van der Waals surface area contributed by atoms with E-state index in [9.17, 15) is 4.79 Å². The summed E-state index contributed by atoms with van der Waals surface area (Å²) in [6.07, 6.45) is 1.94. The minimum absolute atomic E-state index is 0.0407. The molecule has 18 heavy (non-hydrogen) atoms. The molecule has 3 atom stereocenters. The van der Waals surface area contributed by atoms with E-state index in [1.165, 1.54) is 0 Å². The molecular formula is C14H29N3O. The van der Waals surface area contributed by atoms with Crippen molar-refractivity contribution < 1.29 is 4.79 Å². The Kier molecular flexibility index (Phi) is 6.09. The Labute approximate surface area is 111 Å². The van der Waals surface area contributed by atoms with Crippen LogP contribution in [0.25, 0.3) is 0 Å². The van der Waals surface area contributed by atoms with Crippen molar-refractivity contribution in [2.45, 2.75) is 52.6 Å². The van der Waals surface area contributed by atoms with E-state index in [2.05, 4.69) is 32.6 Å². The topological polar surface area (TPSA) is 49.6 Å². The van der Waals surface area contributed by atoms with Gasteiger partial charge in [0.05, 0.1) is 6.04 Å². The average molecular weight is 255 g/mol. The third-order valence-electron chi connectivity index (χ3n) is 4.20. The van der Waals surface area contributed by atoms with Gasteiger partial charge in [0.15, 0.2) is 0 Å². The highest BCUT2D eigenvalue weighted by molar-refractivity contribution is 5.82.